The van der Waals surface area contributed by atoms with Crippen molar-refractivity contribution in [3.63, 3.8) is 0 Å². The molecular formula is C51H56F12IN15. The maximum absolute atomic E-state index is 13.5. The molecule has 4 heterocycles. The van der Waals surface area contributed by atoms with Gasteiger partial charge in [0.25, 0.3) is 11.9 Å². The van der Waals surface area contributed by atoms with Gasteiger partial charge < -0.3 is 19.6 Å². The SMILES string of the molecule is CCN(CC1CCCC1)c1ncc(I)cc1CN(Cc1cc(C(F)(F)F)cc(C(F)(F)F)c1)c1nnn(C)n1.[C-]#[N+]c1cnc(N(CC)CC2CCCC2)c(CN(Cc2cc(C(F)(F)F)cc(C(F)(F)F)c2)c2nnn(C)n2)c1. The molecule has 0 aliphatic heterocycles. The van der Waals surface area contributed by atoms with Crippen LogP contribution in [0.3, 0.4) is 0 Å². The number of aromatic nitrogens is 10. The Morgan fingerprint density at radius 1 is 0.532 bits per heavy atom. The van der Waals surface area contributed by atoms with Crippen LogP contribution in [0, 0.1) is 22.0 Å². The van der Waals surface area contributed by atoms with Crippen molar-refractivity contribution in [2.45, 2.75) is 116 Å². The molecule has 0 unspecified atom stereocenters. The van der Waals surface area contributed by atoms with Crippen LogP contribution < -0.4 is 19.6 Å². The van der Waals surface area contributed by atoms with Gasteiger partial charge in [-0.3, -0.25) is 4.98 Å². The van der Waals surface area contributed by atoms with Gasteiger partial charge in [-0.1, -0.05) is 35.9 Å². The van der Waals surface area contributed by atoms with E-state index < -0.39 is 47.0 Å². The van der Waals surface area contributed by atoms with Crippen molar-refractivity contribution in [1.29, 1.82) is 0 Å². The van der Waals surface area contributed by atoms with Gasteiger partial charge in [-0.15, -0.1) is 10.2 Å². The second kappa shape index (κ2) is 25.3. The summed E-state index contributed by atoms with van der Waals surface area (Å²) in [6, 6.07) is 6.59. The first kappa shape index (κ1) is 60.1. The number of pyridine rings is 2. The number of nitrogens with zero attached hydrogens (tertiary/aromatic N) is 15. The topological polar surface area (TPSA) is 130 Å². The third kappa shape index (κ3) is 16.3. The maximum atomic E-state index is 13.5. The Morgan fingerprint density at radius 3 is 1.23 bits per heavy atom. The van der Waals surface area contributed by atoms with E-state index in [4.69, 9.17) is 6.57 Å². The largest absolute Gasteiger partial charge is 0.416 e. The van der Waals surface area contributed by atoms with E-state index in [1.165, 1.54) is 47.7 Å². The molecule has 6 aromatic rings. The van der Waals surface area contributed by atoms with E-state index in [0.29, 0.717) is 48.4 Å². The summed E-state index contributed by atoms with van der Waals surface area (Å²) in [5.74, 6) is 2.43. The summed E-state index contributed by atoms with van der Waals surface area (Å²) in [7, 11) is 3.02. The maximum Gasteiger partial charge on any atom is 0.416 e. The number of benzene rings is 2. The molecule has 0 saturated heterocycles. The fourth-order valence-electron chi connectivity index (χ4n) is 9.84. The highest BCUT2D eigenvalue weighted by molar-refractivity contribution is 14.1. The molecule has 2 fully saturated rings. The van der Waals surface area contributed by atoms with Crippen LogP contribution in [-0.4, -0.2) is 76.6 Å². The Bertz CT molecular complexity index is 2960. The third-order valence-electron chi connectivity index (χ3n) is 13.6. The minimum Gasteiger partial charge on any atom is -0.356 e. The lowest BCUT2D eigenvalue weighted by atomic mass is 10.0. The third-order valence-corrected chi connectivity index (χ3v) is 14.2. The zero-order chi connectivity index (χ0) is 57.5. The number of halogens is 13. The fourth-order valence-corrected chi connectivity index (χ4v) is 10.4. The monoisotopic (exact) mass is 1230 g/mol. The Labute approximate surface area is 461 Å². The number of anilines is 4. The van der Waals surface area contributed by atoms with Gasteiger partial charge in [0.2, 0.25) is 5.69 Å². The highest BCUT2D eigenvalue weighted by Crippen LogP contribution is 2.40. The molecule has 0 spiro atoms. The highest BCUT2D eigenvalue weighted by atomic mass is 127. The van der Waals surface area contributed by atoms with E-state index in [1.54, 1.807) is 12.3 Å². The Hall–Kier alpha value is -6.54. The molecule has 15 nitrogen and oxygen atoms in total. The standard InChI is InChI=1S/C26H28F6N8.C25H28F6IN7/c1-4-39(14-17-7-5-6-8-17)23-19(11-22(33-2)13-34-23)16-40(24-35-37-38(3)36-24)15-18-9-20(25(27,28)29)12-21(10-18)26(30,31)32;1-3-38(13-16-6-4-5-7-16)22-18(10-21(32)12-33-22)15-39(23-34-36-37(2)35-23)14-17-8-19(24(26,27)28)11-20(9-17)25(29,30)31/h9-13,17H,4-8,14-16H2,1,3H3;8-12,16H,3-7,13-15H2,1-2H3. The summed E-state index contributed by atoms with van der Waals surface area (Å²) in [6.07, 6.45) is -7.48. The number of alkyl halides is 12. The molecule has 2 saturated carbocycles. The molecular weight excluding hydrogens is 1180 g/mol. The zero-order valence-corrected chi connectivity index (χ0v) is 45.5. The number of hydrogen-bond acceptors (Lipinski definition) is 12. The summed E-state index contributed by atoms with van der Waals surface area (Å²) in [5.41, 5.74) is -4.38. The molecule has 28 heteroatoms. The second-order valence-electron chi connectivity index (χ2n) is 19.5. The molecule has 79 heavy (non-hydrogen) atoms. The molecule has 8 rings (SSSR count). The van der Waals surface area contributed by atoms with Crippen LogP contribution >= 0.6 is 22.6 Å². The van der Waals surface area contributed by atoms with E-state index in [2.05, 4.69) is 78.0 Å². The summed E-state index contributed by atoms with van der Waals surface area (Å²) in [6.45, 7) is 13.7. The van der Waals surface area contributed by atoms with Gasteiger partial charge in [-0.25, -0.2) is 9.83 Å². The van der Waals surface area contributed by atoms with E-state index in [-0.39, 0.29) is 67.0 Å². The van der Waals surface area contributed by atoms with Crippen LogP contribution in [0.4, 0.5) is 81.9 Å². The van der Waals surface area contributed by atoms with Crippen LogP contribution in [0.2, 0.25) is 0 Å². The van der Waals surface area contributed by atoms with Gasteiger partial charge in [0.1, 0.15) is 11.6 Å². The molecule has 2 aliphatic carbocycles. The van der Waals surface area contributed by atoms with Gasteiger partial charge in [-0.05, 0) is 144 Å². The molecule has 2 aromatic carbocycles. The number of rotatable bonds is 18. The lowest BCUT2D eigenvalue weighted by molar-refractivity contribution is -0.144. The van der Waals surface area contributed by atoms with Gasteiger partial charge in [-0.2, -0.15) is 62.3 Å². The van der Waals surface area contributed by atoms with Gasteiger partial charge in [0, 0.05) is 72.9 Å². The van der Waals surface area contributed by atoms with E-state index in [9.17, 15) is 52.7 Å². The molecule has 0 N–H and O–H groups in total. The molecule has 0 atom stereocenters. The van der Waals surface area contributed by atoms with Gasteiger partial charge >= 0.3 is 24.7 Å². The predicted octanol–water partition coefficient (Wildman–Crippen LogP) is 12.9. The molecule has 2 aliphatic rings. The number of tetrazole rings is 2. The lowest BCUT2D eigenvalue weighted by Crippen LogP contribution is -2.32. The lowest BCUT2D eigenvalue weighted by Gasteiger charge is -2.29. The average molecular weight is 1230 g/mol. The minimum absolute atomic E-state index is 0.00600. The number of hydrogen-bond donors (Lipinski definition) is 0. The predicted molar refractivity (Wildman–Crippen MR) is 277 cm³/mol. The van der Waals surface area contributed by atoms with Crippen molar-refractivity contribution in [2.24, 2.45) is 25.9 Å². The Kier molecular flexibility index (Phi) is 19.2. The van der Waals surface area contributed by atoms with Crippen molar-refractivity contribution < 1.29 is 52.7 Å². The Morgan fingerprint density at radius 2 is 0.899 bits per heavy atom. The van der Waals surface area contributed by atoms with Crippen molar-refractivity contribution in [3.05, 3.63) is 120 Å². The minimum atomic E-state index is -4.98. The second-order valence-corrected chi connectivity index (χ2v) is 20.7. The van der Waals surface area contributed by atoms with E-state index >= 15 is 0 Å². The van der Waals surface area contributed by atoms with Crippen molar-refractivity contribution >= 4 is 51.8 Å². The quantitative estimate of drug-likeness (QED) is 0.0461. The zero-order valence-electron chi connectivity index (χ0n) is 43.4. The first-order valence-corrected chi connectivity index (χ1v) is 26.3. The Balaban J connectivity index is 0.000000229. The van der Waals surface area contributed by atoms with Crippen LogP contribution in [0.15, 0.2) is 60.9 Å². The van der Waals surface area contributed by atoms with Crippen LogP contribution in [0.1, 0.15) is 110 Å². The molecule has 426 valence electrons. The molecule has 0 bridgehead atoms. The van der Waals surface area contributed by atoms with Crippen LogP contribution in [0.5, 0.6) is 0 Å². The summed E-state index contributed by atoms with van der Waals surface area (Å²) in [5, 5.41) is 23.9. The average Bonchev–Trinajstić information content (AvgIpc) is 4.25. The van der Waals surface area contributed by atoms with E-state index in [1.807, 2.05) is 19.9 Å². The smallest absolute Gasteiger partial charge is 0.356 e. The first-order chi connectivity index (χ1) is 37.2. The van der Waals surface area contributed by atoms with Gasteiger partial charge in [0.05, 0.1) is 49.5 Å². The summed E-state index contributed by atoms with van der Waals surface area (Å²) >= 11 is 2.13. The van der Waals surface area contributed by atoms with Crippen LogP contribution in [-0.2, 0) is 65.0 Å². The fraction of sp³-hybridized carbons (Fsp3) is 0.510. The van der Waals surface area contributed by atoms with Crippen molar-refractivity contribution in [2.75, 3.05) is 45.8 Å². The van der Waals surface area contributed by atoms with E-state index in [0.717, 1.165) is 83.5 Å². The highest BCUT2D eigenvalue weighted by Gasteiger charge is 2.39. The summed E-state index contributed by atoms with van der Waals surface area (Å²) < 4.78 is 163. The van der Waals surface area contributed by atoms with Crippen molar-refractivity contribution in [3.8, 4) is 0 Å². The molecule has 4 aromatic heterocycles. The summed E-state index contributed by atoms with van der Waals surface area (Å²) in [4.78, 5) is 22.2. The normalized spacial score (nSPS) is 14.5. The van der Waals surface area contributed by atoms with Gasteiger partial charge in [0.15, 0.2) is 0 Å². The molecule has 0 amide bonds. The molecule has 0 radical (unpaired) electrons. The van der Waals surface area contributed by atoms with Crippen molar-refractivity contribution in [1.82, 2.24) is 50.4 Å². The first-order valence-electron chi connectivity index (χ1n) is 25.3. The number of aryl methyl sites for hydroxylation is 2. The van der Waals surface area contributed by atoms with Crippen LogP contribution in [0.25, 0.3) is 4.85 Å².